The van der Waals surface area contributed by atoms with Crippen molar-refractivity contribution in [2.45, 2.75) is 12.0 Å². The van der Waals surface area contributed by atoms with E-state index in [4.69, 9.17) is 11.6 Å². The number of benzene rings is 1. The van der Waals surface area contributed by atoms with Crippen LogP contribution < -0.4 is 5.32 Å². The predicted molar refractivity (Wildman–Crippen MR) is 55.3 cm³/mol. The second kappa shape index (κ2) is 4.03. The van der Waals surface area contributed by atoms with Gasteiger partial charge in [-0.05, 0) is 18.2 Å². The van der Waals surface area contributed by atoms with Crippen LogP contribution in [0.25, 0.3) is 0 Å². The topological polar surface area (TPSA) is 58.6 Å². The van der Waals surface area contributed by atoms with E-state index >= 15 is 0 Å². The molecule has 1 aliphatic heterocycles. The molecule has 1 fully saturated rings. The van der Waals surface area contributed by atoms with E-state index in [1.54, 1.807) is 0 Å². The molecule has 0 aliphatic carbocycles. The van der Waals surface area contributed by atoms with Crippen molar-refractivity contribution in [3.05, 3.63) is 28.8 Å². The van der Waals surface area contributed by atoms with Crippen LogP contribution in [0.3, 0.4) is 0 Å². The van der Waals surface area contributed by atoms with E-state index in [1.807, 2.05) is 5.32 Å². The van der Waals surface area contributed by atoms with Crippen molar-refractivity contribution in [3.63, 3.8) is 0 Å². The molecule has 92 valence electrons. The SMILES string of the molecule is O=C1N[C@H](c2cc(Cl)ccc2O)C(F)(F)CO1. The van der Waals surface area contributed by atoms with Crippen molar-refractivity contribution in [2.75, 3.05) is 6.61 Å². The molecular formula is C10H8ClF2NO3. The van der Waals surface area contributed by atoms with Gasteiger partial charge in [-0.2, -0.15) is 0 Å². The molecule has 1 atom stereocenters. The van der Waals surface area contributed by atoms with E-state index in [9.17, 15) is 18.7 Å². The maximum absolute atomic E-state index is 13.5. The van der Waals surface area contributed by atoms with Crippen molar-refractivity contribution in [1.82, 2.24) is 5.32 Å². The molecule has 0 aromatic heterocycles. The highest BCUT2D eigenvalue weighted by molar-refractivity contribution is 6.30. The number of hydrogen-bond donors (Lipinski definition) is 2. The van der Waals surface area contributed by atoms with Crippen LogP contribution in [0.1, 0.15) is 11.6 Å². The number of alkyl halides is 2. The summed E-state index contributed by atoms with van der Waals surface area (Å²) in [5.74, 6) is -3.67. The fourth-order valence-corrected chi connectivity index (χ4v) is 1.75. The van der Waals surface area contributed by atoms with Crippen molar-refractivity contribution in [1.29, 1.82) is 0 Å². The van der Waals surface area contributed by atoms with Crippen molar-refractivity contribution in [3.8, 4) is 5.75 Å². The van der Waals surface area contributed by atoms with E-state index < -0.39 is 24.7 Å². The zero-order valence-corrected chi connectivity index (χ0v) is 9.17. The monoisotopic (exact) mass is 263 g/mol. The highest BCUT2D eigenvalue weighted by Gasteiger charge is 2.47. The number of cyclic esters (lactones) is 1. The van der Waals surface area contributed by atoms with Gasteiger partial charge in [0, 0.05) is 10.6 Å². The van der Waals surface area contributed by atoms with Gasteiger partial charge in [-0.1, -0.05) is 11.6 Å². The van der Waals surface area contributed by atoms with Gasteiger partial charge in [-0.15, -0.1) is 0 Å². The van der Waals surface area contributed by atoms with Gasteiger partial charge in [-0.3, -0.25) is 0 Å². The standard InChI is InChI=1S/C10H8ClF2NO3/c11-5-1-2-7(15)6(3-5)8-10(12,13)4-17-9(16)14-8/h1-3,8,15H,4H2,(H,14,16)/t8-/m1/s1. The predicted octanol–water partition coefficient (Wildman–Crippen LogP) is 2.46. The van der Waals surface area contributed by atoms with Gasteiger partial charge >= 0.3 is 12.0 Å². The van der Waals surface area contributed by atoms with Crippen LogP contribution in [-0.4, -0.2) is 23.7 Å². The summed E-state index contributed by atoms with van der Waals surface area (Å²) in [5.41, 5.74) is -0.140. The van der Waals surface area contributed by atoms with Crippen LogP contribution in [-0.2, 0) is 4.74 Å². The fraction of sp³-hybridized carbons (Fsp3) is 0.300. The van der Waals surface area contributed by atoms with Crippen LogP contribution in [0, 0.1) is 0 Å². The molecular weight excluding hydrogens is 256 g/mol. The lowest BCUT2D eigenvalue weighted by molar-refractivity contribution is -0.104. The molecule has 7 heteroatoms. The lowest BCUT2D eigenvalue weighted by atomic mass is 9.99. The Hall–Kier alpha value is -1.56. The minimum atomic E-state index is -3.31. The summed E-state index contributed by atoms with van der Waals surface area (Å²) in [6.07, 6.45) is -0.958. The summed E-state index contributed by atoms with van der Waals surface area (Å²) < 4.78 is 31.3. The number of halogens is 3. The third-order valence-corrected chi connectivity index (χ3v) is 2.62. The molecule has 0 bridgehead atoms. The molecule has 4 nitrogen and oxygen atoms in total. The summed E-state index contributed by atoms with van der Waals surface area (Å²) in [6, 6.07) is 2.08. The highest BCUT2D eigenvalue weighted by atomic mass is 35.5. The Kier molecular flexibility index (Phi) is 2.82. The van der Waals surface area contributed by atoms with Crippen LogP contribution in [0.15, 0.2) is 18.2 Å². The first-order valence-corrected chi connectivity index (χ1v) is 5.07. The average molecular weight is 264 g/mol. The van der Waals surface area contributed by atoms with Gasteiger partial charge in [0.15, 0.2) is 6.61 Å². The number of alkyl carbamates (subject to hydrolysis) is 1. The van der Waals surface area contributed by atoms with Crippen molar-refractivity contribution < 1.29 is 23.4 Å². The van der Waals surface area contributed by atoms with Gasteiger partial charge in [-0.25, -0.2) is 13.6 Å². The molecule has 1 heterocycles. The summed E-state index contributed by atoms with van der Waals surface area (Å²) >= 11 is 5.67. The highest BCUT2D eigenvalue weighted by Crippen LogP contribution is 2.39. The Morgan fingerprint density at radius 2 is 2.24 bits per heavy atom. The van der Waals surface area contributed by atoms with Crippen LogP contribution in [0.4, 0.5) is 13.6 Å². The third-order valence-electron chi connectivity index (χ3n) is 2.38. The first kappa shape index (κ1) is 11.9. The summed E-state index contributed by atoms with van der Waals surface area (Å²) in [4.78, 5) is 10.9. The van der Waals surface area contributed by atoms with Gasteiger partial charge in [0.25, 0.3) is 0 Å². The number of phenols is 1. The quantitative estimate of drug-likeness (QED) is 0.818. The minimum absolute atomic E-state index is 0.140. The first-order chi connectivity index (χ1) is 7.90. The molecule has 0 radical (unpaired) electrons. The molecule has 1 saturated heterocycles. The van der Waals surface area contributed by atoms with Gasteiger partial charge in [0.05, 0.1) is 0 Å². The molecule has 2 N–H and O–H groups in total. The van der Waals surface area contributed by atoms with Crippen molar-refractivity contribution >= 4 is 17.7 Å². The van der Waals surface area contributed by atoms with E-state index in [0.29, 0.717) is 0 Å². The molecule has 0 saturated carbocycles. The molecule has 1 amide bonds. The number of carbonyl (C=O) groups excluding carboxylic acids is 1. The average Bonchev–Trinajstić information content (AvgIpc) is 2.26. The van der Waals surface area contributed by atoms with E-state index in [0.717, 1.165) is 0 Å². The van der Waals surface area contributed by atoms with Gasteiger partial charge in [0.2, 0.25) is 0 Å². The Labute approximate surface area is 100 Å². The molecule has 17 heavy (non-hydrogen) atoms. The van der Waals surface area contributed by atoms with Crippen LogP contribution >= 0.6 is 11.6 Å². The Bertz CT molecular complexity index is 467. The second-order valence-corrected chi connectivity index (χ2v) is 4.05. The zero-order valence-electron chi connectivity index (χ0n) is 8.41. The van der Waals surface area contributed by atoms with Crippen LogP contribution in [0.2, 0.25) is 5.02 Å². The summed E-state index contributed by atoms with van der Waals surface area (Å²) in [7, 11) is 0. The number of phenolic OH excluding ortho intramolecular Hbond substituents is 1. The number of carbonyl (C=O) groups is 1. The van der Waals surface area contributed by atoms with E-state index in [-0.39, 0.29) is 16.3 Å². The Balaban J connectivity index is 2.42. The normalized spacial score (nSPS) is 22.8. The van der Waals surface area contributed by atoms with Crippen LogP contribution in [0.5, 0.6) is 5.75 Å². The lowest BCUT2D eigenvalue weighted by Crippen LogP contribution is -2.49. The van der Waals surface area contributed by atoms with E-state index in [2.05, 4.69) is 4.74 Å². The number of hydrogen-bond acceptors (Lipinski definition) is 3. The largest absolute Gasteiger partial charge is 0.508 e. The summed E-state index contributed by atoms with van der Waals surface area (Å²) in [5, 5.41) is 11.7. The molecule has 1 aliphatic rings. The Morgan fingerprint density at radius 3 is 2.94 bits per heavy atom. The molecule has 0 unspecified atom stereocenters. The number of rotatable bonds is 1. The van der Waals surface area contributed by atoms with Gasteiger partial charge in [0.1, 0.15) is 11.8 Å². The molecule has 0 spiro atoms. The number of nitrogens with one attached hydrogen (secondary N) is 1. The van der Waals surface area contributed by atoms with Crippen molar-refractivity contribution in [2.24, 2.45) is 0 Å². The molecule has 2 rings (SSSR count). The van der Waals surface area contributed by atoms with Gasteiger partial charge < -0.3 is 15.2 Å². The first-order valence-electron chi connectivity index (χ1n) is 4.70. The molecule has 1 aromatic rings. The maximum atomic E-state index is 13.5. The smallest absolute Gasteiger partial charge is 0.408 e. The number of amides is 1. The lowest BCUT2D eigenvalue weighted by Gasteiger charge is -2.32. The summed E-state index contributed by atoms with van der Waals surface area (Å²) in [6.45, 7) is -1.03. The second-order valence-electron chi connectivity index (χ2n) is 3.62. The number of aromatic hydroxyl groups is 1. The minimum Gasteiger partial charge on any atom is -0.508 e. The Morgan fingerprint density at radius 1 is 1.53 bits per heavy atom. The zero-order chi connectivity index (χ0) is 12.6. The number of ether oxygens (including phenoxy) is 1. The van der Waals surface area contributed by atoms with E-state index in [1.165, 1.54) is 18.2 Å². The third kappa shape index (κ3) is 2.26. The fourth-order valence-electron chi connectivity index (χ4n) is 1.57. The molecule has 1 aromatic carbocycles. The maximum Gasteiger partial charge on any atom is 0.408 e.